The minimum absolute atomic E-state index is 0.0658. The van der Waals surface area contributed by atoms with Crippen LogP contribution in [-0.4, -0.2) is 14.4 Å². The lowest BCUT2D eigenvalue weighted by Gasteiger charge is -2.44. The summed E-state index contributed by atoms with van der Waals surface area (Å²) < 4.78 is 2.31. The molecule has 156 valence electrons. The molecule has 2 heterocycles. The molecule has 2 aromatic heterocycles. The molecule has 0 bridgehead atoms. The molecular formula is C27H33N3. The van der Waals surface area contributed by atoms with E-state index in [1.165, 1.54) is 16.6 Å². The maximum absolute atomic E-state index is 5.18. The summed E-state index contributed by atoms with van der Waals surface area (Å²) in [5.74, 6) is 1.06. The molecule has 3 nitrogen and oxygen atoms in total. The molecule has 0 atom stereocenters. The molecule has 0 aliphatic heterocycles. The molecule has 0 saturated heterocycles. The minimum Gasteiger partial charge on any atom is -0.279 e. The van der Waals surface area contributed by atoms with Crippen LogP contribution in [0.1, 0.15) is 79.3 Å². The highest BCUT2D eigenvalue weighted by atomic mass is 15.1. The molecule has 4 aromatic rings. The number of fused-ring (bicyclic) bond motifs is 6. The van der Waals surface area contributed by atoms with E-state index >= 15 is 0 Å². The summed E-state index contributed by atoms with van der Waals surface area (Å²) in [7, 11) is 0. The van der Waals surface area contributed by atoms with Crippen molar-refractivity contribution in [1.29, 1.82) is 0 Å². The molecule has 0 N–H and O–H groups in total. The first-order valence-electron chi connectivity index (χ1n) is 11.0. The lowest BCUT2D eigenvalue weighted by Crippen LogP contribution is -2.42. The maximum atomic E-state index is 5.18. The van der Waals surface area contributed by atoms with Crippen LogP contribution in [-0.2, 0) is 16.2 Å². The van der Waals surface area contributed by atoms with Gasteiger partial charge in [0, 0.05) is 10.8 Å². The maximum Gasteiger partial charge on any atom is 0.148 e. The van der Waals surface area contributed by atoms with Gasteiger partial charge in [-0.3, -0.25) is 4.40 Å². The van der Waals surface area contributed by atoms with E-state index < -0.39 is 0 Å². The zero-order valence-electron chi connectivity index (χ0n) is 19.8. The Bertz CT molecular complexity index is 1340. The Hall–Kier alpha value is -2.42. The van der Waals surface area contributed by atoms with Crippen molar-refractivity contribution in [1.82, 2.24) is 14.4 Å². The van der Waals surface area contributed by atoms with Crippen molar-refractivity contribution in [2.45, 2.75) is 78.6 Å². The second kappa shape index (κ2) is 5.43. The Morgan fingerprint density at radius 3 is 2.00 bits per heavy atom. The number of para-hydroxylation sites is 1. The lowest BCUT2D eigenvalue weighted by atomic mass is 9.59. The number of nitrogens with zero attached hydrogens (tertiary/aromatic N) is 3. The van der Waals surface area contributed by atoms with Crippen LogP contribution in [0.25, 0.3) is 27.6 Å². The molecule has 0 saturated carbocycles. The number of rotatable bonds is 0. The molecule has 1 aliphatic rings. The van der Waals surface area contributed by atoms with Crippen LogP contribution < -0.4 is 0 Å². The van der Waals surface area contributed by atoms with Crippen LogP contribution in [0.4, 0.5) is 0 Å². The largest absolute Gasteiger partial charge is 0.279 e. The second-order valence-corrected chi connectivity index (χ2v) is 11.7. The number of imidazole rings is 1. The van der Waals surface area contributed by atoms with Gasteiger partial charge in [-0.2, -0.15) is 0 Å². The normalized spacial score (nSPS) is 19.6. The van der Waals surface area contributed by atoms with Crippen molar-refractivity contribution < 1.29 is 0 Å². The number of benzene rings is 2. The van der Waals surface area contributed by atoms with Crippen molar-refractivity contribution in [2.24, 2.45) is 5.41 Å². The number of aromatic nitrogens is 3. The predicted molar refractivity (Wildman–Crippen MR) is 127 cm³/mol. The fraction of sp³-hybridized carbons (Fsp3) is 0.481. The van der Waals surface area contributed by atoms with Crippen molar-refractivity contribution in [3.8, 4) is 0 Å². The summed E-state index contributed by atoms with van der Waals surface area (Å²) in [4.78, 5) is 10.3. The fourth-order valence-corrected chi connectivity index (χ4v) is 5.43. The van der Waals surface area contributed by atoms with Gasteiger partial charge in [0.15, 0.2) is 0 Å². The van der Waals surface area contributed by atoms with E-state index in [4.69, 9.17) is 9.97 Å². The van der Waals surface area contributed by atoms with Crippen LogP contribution in [0.3, 0.4) is 0 Å². The summed E-state index contributed by atoms with van der Waals surface area (Å²) in [5.41, 5.74) is 7.33. The Balaban J connectivity index is 1.99. The van der Waals surface area contributed by atoms with Gasteiger partial charge >= 0.3 is 0 Å². The van der Waals surface area contributed by atoms with Crippen molar-refractivity contribution >= 4 is 27.6 Å². The molecule has 2 aromatic carbocycles. The van der Waals surface area contributed by atoms with Crippen molar-refractivity contribution in [2.75, 3.05) is 0 Å². The van der Waals surface area contributed by atoms with Gasteiger partial charge < -0.3 is 0 Å². The summed E-state index contributed by atoms with van der Waals surface area (Å²) in [6.07, 6.45) is 0. The SMILES string of the molecule is CC(C)(C)c1nc2ccccc2c2nc3cc4c(cc3n12)C(C)(C)C(C)(C)C4(C)C. The first-order valence-corrected chi connectivity index (χ1v) is 11.0. The van der Waals surface area contributed by atoms with Crippen LogP contribution in [0.2, 0.25) is 0 Å². The third-order valence-corrected chi connectivity index (χ3v) is 8.52. The van der Waals surface area contributed by atoms with Gasteiger partial charge in [0.25, 0.3) is 0 Å². The third-order valence-electron chi connectivity index (χ3n) is 8.52. The van der Waals surface area contributed by atoms with Gasteiger partial charge in [-0.15, -0.1) is 0 Å². The highest BCUT2D eigenvalue weighted by Crippen LogP contribution is 2.61. The molecule has 3 heteroatoms. The summed E-state index contributed by atoms with van der Waals surface area (Å²) in [5, 5.41) is 1.11. The van der Waals surface area contributed by atoms with Gasteiger partial charge in [0.05, 0.1) is 16.6 Å². The Kier molecular flexibility index (Phi) is 3.54. The van der Waals surface area contributed by atoms with E-state index in [2.05, 4.69) is 103 Å². The Labute approximate surface area is 179 Å². The van der Waals surface area contributed by atoms with E-state index in [0.717, 1.165) is 27.9 Å². The molecule has 0 radical (unpaired) electrons. The smallest absolute Gasteiger partial charge is 0.148 e. The summed E-state index contributed by atoms with van der Waals surface area (Å²) in [6.45, 7) is 21.1. The lowest BCUT2D eigenvalue weighted by molar-refractivity contribution is 0.125. The predicted octanol–water partition coefficient (Wildman–Crippen LogP) is 6.93. The fourth-order valence-electron chi connectivity index (χ4n) is 5.43. The van der Waals surface area contributed by atoms with E-state index in [9.17, 15) is 0 Å². The first-order chi connectivity index (χ1) is 13.8. The number of hydrogen-bond donors (Lipinski definition) is 0. The third kappa shape index (κ3) is 2.16. The Morgan fingerprint density at radius 2 is 1.37 bits per heavy atom. The average molecular weight is 400 g/mol. The second-order valence-electron chi connectivity index (χ2n) is 11.7. The number of hydrogen-bond acceptors (Lipinski definition) is 2. The minimum atomic E-state index is -0.0943. The van der Waals surface area contributed by atoms with E-state index in [0.29, 0.717) is 0 Å². The first kappa shape index (κ1) is 19.5. The van der Waals surface area contributed by atoms with Crippen molar-refractivity contribution in [3.63, 3.8) is 0 Å². The van der Waals surface area contributed by atoms with Gasteiger partial charge in [-0.05, 0) is 51.6 Å². The average Bonchev–Trinajstić information content (AvgIpc) is 3.07. The summed E-state index contributed by atoms with van der Waals surface area (Å²) in [6, 6.07) is 13.1. The zero-order valence-corrected chi connectivity index (χ0v) is 19.8. The van der Waals surface area contributed by atoms with E-state index in [1.54, 1.807) is 0 Å². The summed E-state index contributed by atoms with van der Waals surface area (Å²) >= 11 is 0. The van der Waals surface area contributed by atoms with Gasteiger partial charge in [-0.25, -0.2) is 9.97 Å². The molecule has 5 rings (SSSR count). The van der Waals surface area contributed by atoms with Crippen molar-refractivity contribution in [3.05, 3.63) is 53.3 Å². The van der Waals surface area contributed by atoms with Crippen LogP contribution in [0.15, 0.2) is 36.4 Å². The highest BCUT2D eigenvalue weighted by Gasteiger charge is 2.57. The Morgan fingerprint density at radius 1 is 0.767 bits per heavy atom. The molecule has 0 fully saturated rings. The molecule has 30 heavy (non-hydrogen) atoms. The van der Waals surface area contributed by atoms with Crippen LogP contribution >= 0.6 is 0 Å². The standard InChI is InChI=1S/C27H33N3/c1-24(2,3)23-29-19-13-11-10-12-16(19)22-28-20-14-17-18(15-21(20)30(22)23)26(6,7)27(8,9)25(17,4)5/h10-15H,1-9H3. The van der Waals surface area contributed by atoms with Gasteiger partial charge in [-0.1, -0.05) is 74.4 Å². The van der Waals surface area contributed by atoms with Gasteiger partial charge in [0.2, 0.25) is 0 Å². The molecule has 1 aliphatic carbocycles. The topological polar surface area (TPSA) is 30.2 Å². The molecule has 0 unspecified atom stereocenters. The monoisotopic (exact) mass is 399 g/mol. The molecule has 0 amide bonds. The van der Waals surface area contributed by atoms with Crippen LogP contribution in [0, 0.1) is 5.41 Å². The molecule has 0 spiro atoms. The quantitative estimate of drug-likeness (QED) is 0.321. The zero-order chi connectivity index (χ0) is 21.9. The van der Waals surface area contributed by atoms with Gasteiger partial charge in [0.1, 0.15) is 11.5 Å². The van der Waals surface area contributed by atoms with E-state index in [1.807, 2.05) is 0 Å². The molecular weight excluding hydrogens is 366 g/mol. The van der Waals surface area contributed by atoms with E-state index in [-0.39, 0.29) is 21.7 Å². The van der Waals surface area contributed by atoms with Crippen LogP contribution in [0.5, 0.6) is 0 Å². The highest BCUT2D eigenvalue weighted by molar-refractivity contribution is 5.97.